The fourth-order valence-corrected chi connectivity index (χ4v) is 12.5. The summed E-state index contributed by atoms with van der Waals surface area (Å²) >= 11 is 0. The van der Waals surface area contributed by atoms with Crippen LogP contribution in [0.2, 0.25) is 0 Å². The van der Waals surface area contributed by atoms with Gasteiger partial charge in [0.2, 0.25) is 65.0 Å². The van der Waals surface area contributed by atoms with Crippen LogP contribution in [0.5, 0.6) is 5.75 Å². The molecule has 3 aliphatic heterocycles. The number of nitrogens with zero attached hydrogens (tertiary/aromatic N) is 3. The zero-order valence-electron chi connectivity index (χ0n) is 61.6. The molecule has 3 saturated heterocycles. The highest BCUT2D eigenvalue weighted by atomic mass is 16.5. The number of aryl methyl sites for hydroxylation is 1. The number of rotatable bonds is 24. The highest BCUT2D eigenvalue weighted by Crippen LogP contribution is 2.25. The Bertz CT molecular complexity index is 3420. The molecule has 0 bridgehead atoms. The van der Waals surface area contributed by atoms with Crippen LogP contribution < -0.4 is 58.3 Å². The van der Waals surface area contributed by atoms with E-state index in [0.29, 0.717) is 23.3 Å². The summed E-state index contributed by atoms with van der Waals surface area (Å²) in [7, 11) is 2.81. The van der Waals surface area contributed by atoms with E-state index in [9.17, 15) is 83.1 Å². The van der Waals surface area contributed by atoms with Crippen LogP contribution in [-0.4, -0.2) is 255 Å². The number of nitrogens with two attached hydrogens (primary N) is 1. The minimum Gasteiger partial charge on any atom is -0.497 e. The zero-order chi connectivity index (χ0) is 78.6. The lowest BCUT2D eigenvalue weighted by Crippen LogP contribution is -2.61. The molecule has 14 atom stereocenters. The molecule has 3 heterocycles. The number of aliphatic hydroxyl groups excluding tert-OH is 5. The van der Waals surface area contributed by atoms with Crippen molar-refractivity contribution in [3.05, 3.63) is 77.5 Å². The molecule has 14 unspecified atom stereocenters. The maximum Gasteiger partial charge on any atom is 0.328 e. The quantitative estimate of drug-likeness (QED) is 0.0363. The maximum atomic E-state index is 15.2. The standard InChI is InChI=1S/C72H107N13O21/c1-10-17-58(91)83(8)41(7)72(104)106-45(35-56(89)55(88)32-39(3)4)34-49-61(93)70(102)76-47(28-29-57(73)90)62(94)74-36-59(92)84-30-15-20-53(84)67(99)79-50(33-43-18-13-12-14-19-43)64(96)82-60(40(5)6)69(101)81-52(38-87)65(97)75-46(11-2)63(95)80-51(37-86)66(98)77-48(27-24-42-22-25-44(105-9)26-23-42)71(103)85-31-16-21-54(85)68(100)78-49/h11-14,18-19,22-23,25-26,39-41,45,47-56,60-61,86-89,93H,10,15-17,20-21,24,27-38H2,1-9H3,(H2,73,90)(H,74,94)(H,75,97)(H,76,102)(H,77,98)(H,78,100)(H,79,99)(H,80,95)(H,81,101)(H,82,96). The summed E-state index contributed by atoms with van der Waals surface area (Å²) in [4.78, 5) is 202. The molecule has 0 radical (unpaired) electrons. The largest absolute Gasteiger partial charge is 0.497 e. The Hall–Kier alpha value is -9.64. The molecular weight excluding hydrogens is 1380 g/mol. The molecule has 16 N–H and O–H groups in total. The lowest BCUT2D eigenvalue weighted by molar-refractivity contribution is -0.161. The molecule has 5 rings (SSSR count). The number of methoxy groups -OCH3 is 1. The molecule has 13 amide bonds. The Balaban J connectivity index is 1.64. The third-order valence-corrected chi connectivity index (χ3v) is 18.7. The number of allylic oxidation sites excluding steroid dienone is 1. The van der Waals surface area contributed by atoms with Gasteiger partial charge < -0.3 is 103 Å². The lowest BCUT2D eigenvalue weighted by atomic mass is 9.93. The SMILES string of the molecule is CC=C1NC(=O)C(CO)NC(=O)C(C(C)C)NC(=O)C(Cc2ccccc2)NC(=O)C2CCCN2C(=O)CNC(=O)C(CCC(N)=O)NC(=O)C(O)C(CC(CC(O)C(O)CC(C)C)OC(=O)C(C)N(C)C(=O)CCC)NC(=O)C2CCCN2C(=O)C(CCc2ccc(OC)cc2)NC(=O)C(CO)NC1=O. The van der Waals surface area contributed by atoms with Gasteiger partial charge in [-0.15, -0.1) is 0 Å². The smallest absolute Gasteiger partial charge is 0.328 e. The van der Waals surface area contributed by atoms with Crippen molar-refractivity contribution >= 4 is 82.8 Å². The van der Waals surface area contributed by atoms with Gasteiger partial charge in [0.15, 0.2) is 6.10 Å². The summed E-state index contributed by atoms with van der Waals surface area (Å²) < 4.78 is 11.3. The van der Waals surface area contributed by atoms with E-state index < -0.39 is 225 Å². The van der Waals surface area contributed by atoms with Crippen molar-refractivity contribution in [2.45, 2.75) is 223 Å². The average Bonchev–Trinajstić information content (AvgIpc) is 1.57. The first-order valence-corrected chi connectivity index (χ1v) is 35.9. The molecule has 34 heteroatoms. The number of amides is 13. The molecule has 106 heavy (non-hydrogen) atoms. The number of likely N-dealkylation sites (N-methyl/N-ethyl adjacent to an activating group) is 1. The number of benzene rings is 2. The monoisotopic (exact) mass is 1490 g/mol. The van der Waals surface area contributed by atoms with Crippen LogP contribution >= 0.6 is 0 Å². The van der Waals surface area contributed by atoms with Gasteiger partial charge in [0.05, 0.1) is 45.1 Å². The normalized spacial score (nSPS) is 25.0. The number of carbonyl (C=O) groups excluding carboxylic acids is 14. The van der Waals surface area contributed by atoms with Crippen molar-refractivity contribution in [2.24, 2.45) is 17.6 Å². The second kappa shape index (κ2) is 42.5. The van der Waals surface area contributed by atoms with Crippen LogP contribution in [0, 0.1) is 11.8 Å². The number of esters is 1. The van der Waals surface area contributed by atoms with Crippen molar-refractivity contribution in [3.63, 3.8) is 0 Å². The maximum absolute atomic E-state index is 15.2. The summed E-state index contributed by atoms with van der Waals surface area (Å²) in [6.07, 6.45) is -7.99. The van der Waals surface area contributed by atoms with Gasteiger partial charge in [-0.2, -0.15) is 0 Å². The molecule has 0 saturated carbocycles. The van der Waals surface area contributed by atoms with Gasteiger partial charge >= 0.3 is 5.97 Å². The number of hydrogen-bond donors (Lipinski definition) is 15. The molecule has 2 aromatic rings. The van der Waals surface area contributed by atoms with Gasteiger partial charge in [0, 0.05) is 52.2 Å². The Morgan fingerprint density at radius 1 is 0.651 bits per heavy atom. The van der Waals surface area contributed by atoms with Gasteiger partial charge in [0.1, 0.15) is 71.9 Å². The van der Waals surface area contributed by atoms with Crippen LogP contribution in [0.4, 0.5) is 0 Å². The van der Waals surface area contributed by atoms with Crippen LogP contribution in [-0.2, 0) is 84.7 Å². The average molecular weight is 1490 g/mol. The second-order valence-corrected chi connectivity index (χ2v) is 27.6. The van der Waals surface area contributed by atoms with Crippen molar-refractivity contribution < 1.29 is 102 Å². The molecule has 586 valence electrons. The topological polar surface area (TPSA) is 503 Å². The molecule has 0 spiro atoms. The number of aliphatic hydroxyl groups is 5. The first kappa shape index (κ1) is 87.0. The molecular formula is C72H107N13O21. The van der Waals surface area contributed by atoms with Crippen molar-refractivity contribution in [1.29, 1.82) is 0 Å². The van der Waals surface area contributed by atoms with Crippen LogP contribution in [0.3, 0.4) is 0 Å². The molecule has 3 fully saturated rings. The minimum atomic E-state index is -2.48. The van der Waals surface area contributed by atoms with Gasteiger partial charge in [-0.25, -0.2) is 4.79 Å². The Kier molecular flexibility index (Phi) is 34.9. The fourth-order valence-electron chi connectivity index (χ4n) is 12.5. The predicted octanol–water partition coefficient (Wildman–Crippen LogP) is -3.23. The van der Waals surface area contributed by atoms with E-state index in [1.165, 1.54) is 28.0 Å². The van der Waals surface area contributed by atoms with Gasteiger partial charge in [-0.05, 0) is 107 Å². The van der Waals surface area contributed by atoms with E-state index in [4.69, 9.17) is 15.2 Å². The van der Waals surface area contributed by atoms with Crippen molar-refractivity contribution in [3.8, 4) is 5.75 Å². The molecule has 2 aromatic carbocycles. The highest BCUT2D eigenvalue weighted by Gasteiger charge is 2.44. The van der Waals surface area contributed by atoms with Crippen LogP contribution in [0.15, 0.2) is 66.4 Å². The third-order valence-electron chi connectivity index (χ3n) is 18.7. The molecule has 34 nitrogen and oxygen atoms in total. The molecule has 0 aromatic heterocycles. The first-order valence-electron chi connectivity index (χ1n) is 35.9. The summed E-state index contributed by atoms with van der Waals surface area (Å²) in [5.74, 6) is -14.3. The number of fused-ring (bicyclic) bond motifs is 2. The highest BCUT2D eigenvalue weighted by molar-refractivity contribution is 6.03. The van der Waals surface area contributed by atoms with Crippen LogP contribution in [0.1, 0.15) is 137 Å². The number of nitrogens with one attached hydrogen (secondary N) is 9. The summed E-state index contributed by atoms with van der Waals surface area (Å²) in [5, 5.41) is 78.5. The minimum absolute atomic E-state index is 0.0206. The number of primary amides is 1. The van der Waals surface area contributed by atoms with E-state index in [1.54, 1.807) is 89.2 Å². The first-order chi connectivity index (χ1) is 50.2. The Labute approximate surface area is 616 Å². The summed E-state index contributed by atoms with van der Waals surface area (Å²) in [6.45, 7) is 7.91. The number of carbonyl (C=O) groups is 14. The third kappa shape index (κ3) is 25.9. The van der Waals surface area contributed by atoms with E-state index in [1.807, 2.05) is 0 Å². The van der Waals surface area contributed by atoms with E-state index >= 15 is 9.59 Å². The van der Waals surface area contributed by atoms with Gasteiger partial charge in [-0.3, -0.25) is 62.3 Å². The second-order valence-electron chi connectivity index (χ2n) is 27.6. The number of hydrogen-bond acceptors (Lipinski definition) is 21. The van der Waals surface area contributed by atoms with Gasteiger partial charge in [0.25, 0.3) is 11.8 Å². The lowest BCUT2D eigenvalue weighted by Gasteiger charge is -2.34. The van der Waals surface area contributed by atoms with Crippen LogP contribution in [0.25, 0.3) is 0 Å². The molecule has 3 aliphatic rings. The van der Waals surface area contributed by atoms with E-state index in [-0.39, 0.29) is 76.8 Å². The number of ether oxygens (including phenoxy) is 2. The van der Waals surface area contributed by atoms with E-state index in [0.717, 1.165) is 20.8 Å². The summed E-state index contributed by atoms with van der Waals surface area (Å²) in [6, 6.07) is -0.756. The molecule has 0 aliphatic carbocycles. The predicted molar refractivity (Wildman–Crippen MR) is 381 cm³/mol. The van der Waals surface area contributed by atoms with Crippen molar-refractivity contribution in [1.82, 2.24) is 62.6 Å². The summed E-state index contributed by atoms with van der Waals surface area (Å²) in [5.41, 5.74) is 6.17. The Morgan fingerprint density at radius 2 is 1.23 bits per heavy atom. The van der Waals surface area contributed by atoms with Gasteiger partial charge in [-0.1, -0.05) is 83.2 Å². The Morgan fingerprint density at radius 3 is 1.82 bits per heavy atom. The zero-order valence-corrected chi connectivity index (χ0v) is 61.6. The fraction of sp³-hybridized carbons (Fsp3) is 0.611. The van der Waals surface area contributed by atoms with Crippen molar-refractivity contribution in [2.75, 3.05) is 47.0 Å². The van der Waals surface area contributed by atoms with E-state index in [2.05, 4.69) is 47.9 Å².